The van der Waals surface area contributed by atoms with Crippen LogP contribution in [0.15, 0.2) is 29.3 Å². The Morgan fingerprint density at radius 3 is 2.71 bits per heavy atom. The third-order valence-electron chi connectivity index (χ3n) is 5.97. The summed E-state index contributed by atoms with van der Waals surface area (Å²) >= 11 is 0. The molecule has 0 spiro atoms. The van der Waals surface area contributed by atoms with Crippen LogP contribution in [-0.2, 0) is 14.9 Å². The number of hydrogen-bond acceptors (Lipinski definition) is 3. The van der Waals surface area contributed by atoms with Crippen LogP contribution >= 0.6 is 0 Å². The van der Waals surface area contributed by atoms with E-state index in [4.69, 9.17) is 9.47 Å². The molecule has 0 bridgehead atoms. The number of nitrogens with zero attached hydrogens (tertiary/aromatic N) is 1. The van der Waals surface area contributed by atoms with Gasteiger partial charge in [-0.2, -0.15) is 0 Å². The number of benzene rings is 1. The van der Waals surface area contributed by atoms with Crippen LogP contribution in [0.5, 0.6) is 0 Å². The number of ether oxygens (including phenoxy) is 2. The van der Waals surface area contributed by atoms with E-state index in [2.05, 4.69) is 15.6 Å². The van der Waals surface area contributed by atoms with E-state index in [0.29, 0.717) is 5.92 Å². The smallest absolute Gasteiger partial charge is 0.191 e. The van der Waals surface area contributed by atoms with Gasteiger partial charge in [-0.1, -0.05) is 25.0 Å². The summed E-state index contributed by atoms with van der Waals surface area (Å²) in [7, 11) is 1.80. The topological polar surface area (TPSA) is 54.9 Å². The van der Waals surface area contributed by atoms with Crippen molar-refractivity contribution in [2.24, 2.45) is 10.9 Å². The lowest BCUT2D eigenvalue weighted by Crippen LogP contribution is -2.45. The molecule has 0 aromatic heterocycles. The van der Waals surface area contributed by atoms with Gasteiger partial charge in [0.2, 0.25) is 0 Å². The van der Waals surface area contributed by atoms with Crippen molar-refractivity contribution >= 4 is 5.96 Å². The minimum absolute atomic E-state index is 0.0672. The zero-order valence-corrected chi connectivity index (χ0v) is 17.0. The van der Waals surface area contributed by atoms with Crippen LogP contribution in [0.2, 0.25) is 0 Å². The Morgan fingerprint density at radius 1 is 1.25 bits per heavy atom. The van der Waals surface area contributed by atoms with Crippen molar-refractivity contribution in [2.75, 3.05) is 46.6 Å². The van der Waals surface area contributed by atoms with E-state index in [1.54, 1.807) is 19.2 Å². The molecule has 2 N–H and O–H groups in total. The number of hydrogen-bond donors (Lipinski definition) is 2. The SMILES string of the molecule is CN=C(NCCCOCC1CCOC1)NCC1(c2ccc(F)cc2)CCCC1. The third kappa shape index (κ3) is 5.92. The van der Waals surface area contributed by atoms with Gasteiger partial charge in [0.1, 0.15) is 5.82 Å². The van der Waals surface area contributed by atoms with Gasteiger partial charge in [0.05, 0.1) is 13.2 Å². The number of rotatable bonds is 9. The summed E-state index contributed by atoms with van der Waals surface area (Å²) < 4.78 is 24.4. The van der Waals surface area contributed by atoms with Crippen LogP contribution in [0, 0.1) is 11.7 Å². The van der Waals surface area contributed by atoms with Gasteiger partial charge in [-0.05, 0) is 43.4 Å². The molecule has 1 saturated heterocycles. The normalized spacial score (nSPS) is 21.8. The van der Waals surface area contributed by atoms with Gasteiger partial charge < -0.3 is 20.1 Å². The quantitative estimate of drug-likeness (QED) is 0.385. The van der Waals surface area contributed by atoms with Crippen molar-refractivity contribution in [1.82, 2.24) is 10.6 Å². The van der Waals surface area contributed by atoms with Crippen LogP contribution in [-0.4, -0.2) is 52.5 Å². The maximum atomic E-state index is 13.3. The predicted molar refractivity (Wildman–Crippen MR) is 110 cm³/mol. The molecule has 1 heterocycles. The Labute approximate surface area is 168 Å². The van der Waals surface area contributed by atoms with E-state index < -0.39 is 0 Å². The van der Waals surface area contributed by atoms with Crippen molar-refractivity contribution in [2.45, 2.75) is 43.9 Å². The molecule has 28 heavy (non-hydrogen) atoms. The van der Waals surface area contributed by atoms with Gasteiger partial charge in [0, 0.05) is 44.7 Å². The lowest BCUT2D eigenvalue weighted by Gasteiger charge is -2.31. The highest BCUT2D eigenvalue weighted by molar-refractivity contribution is 5.79. The first kappa shape index (κ1) is 21.1. The Kier molecular flexibility index (Phi) is 8.10. The average Bonchev–Trinajstić information content (AvgIpc) is 3.40. The van der Waals surface area contributed by atoms with Gasteiger partial charge in [0.15, 0.2) is 5.96 Å². The highest BCUT2D eigenvalue weighted by Gasteiger charge is 2.35. The number of halogens is 1. The molecule has 5 nitrogen and oxygen atoms in total. The molecule has 2 fully saturated rings. The minimum Gasteiger partial charge on any atom is -0.381 e. The first-order chi connectivity index (χ1) is 13.7. The summed E-state index contributed by atoms with van der Waals surface area (Å²) in [6, 6.07) is 7.01. The molecule has 0 radical (unpaired) electrons. The van der Waals surface area contributed by atoms with Crippen molar-refractivity contribution < 1.29 is 13.9 Å². The summed E-state index contributed by atoms with van der Waals surface area (Å²) in [5.41, 5.74) is 1.29. The maximum Gasteiger partial charge on any atom is 0.191 e. The Bertz CT molecular complexity index is 609. The molecule has 1 saturated carbocycles. The second-order valence-electron chi connectivity index (χ2n) is 8.00. The van der Waals surface area contributed by atoms with E-state index in [0.717, 1.165) is 71.2 Å². The summed E-state index contributed by atoms with van der Waals surface area (Å²) in [5.74, 6) is 1.21. The van der Waals surface area contributed by atoms with E-state index >= 15 is 0 Å². The molecule has 0 amide bonds. The predicted octanol–water partition coefficient (Wildman–Crippen LogP) is 3.25. The summed E-state index contributed by atoms with van der Waals surface area (Å²) in [6.45, 7) is 4.90. The average molecular weight is 392 g/mol. The molecule has 1 aromatic carbocycles. The van der Waals surface area contributed by atoms with Gasteiger partial charge in [-0.25, -0.2) is 4.39 Å². The zero-order chi connectivity index (χ0) is 19.7. The second-order valence-corrected chi connectivity index (χ2v) is 8.00. The highest BCUT2D eigenvalue weighted by atomic mass is 19.1. The summed E-state index contributed by atoms with van der Waals surface area (Å²) in [6.07, 6.45) is 6.74. The van der Waals surface area contributed by atoms with Gasteiger partial charge >= 0.3 is 0 Å². The fourth-order valence-corrected chi connectivity index (χ4v) is 4.24. The monoisotopic (exact) mass is 391 g/mol. The zero-order valence-electron chi connectivity index (χ0n) is 17.0. The van der Waals surface area contributed by atoms with E-state index in [1.807, 2.05) is 12.1 Å². The fourth-order valence-electron chi connectivity index (χ4n) is 4.24. The molecule has 1 aliphatic carbocycles. The molecular weight excluding hydrogens is 357 g/mol. The fraction of sp³-hybridized carbons (Fsp3) is 0.682. The lowest BCUT2D eigenvalue weighted by molar-refractivity contribution is 0.0888. The molecule has 156 valence electrons. The molecule has 1 unspecified atom stereocenters. The molecule has 1 aliphatic heterocycles. The Hall–Kier alpha value is -1.66. The van der Waals surface area contributed by atoms with Crippen molar-refractivity contribution in [3.8, 4) is 0 Å². The standard InChI is InChI=1S/C22H34FN3O2/c1-24-21(25-12-4-13-27-15-18-9-14-28-16-18)26-17-22(10-2-3-11-22)19-5-7-20(23)8-6-19/h5-8,18H,2-4,9-17H2,1H3,(H2,24,25,26). The summed E-state index contributed by atoms with van der Waals surface area (Å²) in [4.78, 5) is 4.35. The number of guanidine groups is 1. The maximum absolute atomic E-state index is 13.3. The molecule has 1 atom stereocenters. The van der Waals surface area contributed by atoms with Gasteiger partial charge in [-0.3, -0.25) is 4.99 Å². The van der Waals surface area contributed by atoms with Crippen molar-refractivity contribution in [3.05, 3.63) is 35.6 Å². The van der Waals surface area contributed by atoms with Crippen LogP contribution in [0.1, 0.15) is 44.1 Å². The molecule has 3 rings (SSSR count). The molecular formula is C22H34FN3O2. The first-order valence-corrected chi connectivity index (χ1v) is 10.6. The van der Waals surface area contributed by atoms with Crippen LogP contribution in [0.3, 0.4) is 0 Å². The van der Waals surface area contributed by atoms with Crippen molar-refractivity contribution in [1.29, 1.82) is 0 Å². The summed E-state index contributed by atoms with van der Waals surface area (Å²) in [5, 5.41) is 6.86. The van der Waals surface area contributed by atoms with E-state index in [9.17, 15) is 4.39 Å². The van der Waals surface area contributed by atoms with Crippen LogP contribution < -0.4 is 10.6 Å². The van der Waals surface area contributed by atoms with Gasteiger partial charge in [-0.15, -0.1) is 0 Å². The highest BCUT2D eigenvalue weighted by Crippen LogP contribution is 2.40. The third-order valence-corrected chi connectivity index (χ3v) is 5.97. The molecule has 6 heteroatoms. The van der Waals surface area contributed by atoms with Crippen LogP contribution in [0.4, 0.5) is 4.39 Å². The molecule has 1 aromatic rings. The number of nitrogens with one attached hydrogen (secondary N) is 2. The minimum atomic E-state index is -0.176. The largest absolute Gasteiger partial charge is 0.381 e. The van der Waals surface area contributed by atoms with E-state index in [-0.39, 0.29) is 11.2 Å². The van der Waals surface area contributed by atoms with Gasteiger partial charge in [0.25, 0.3) is 0 Å². The second kappa shape index (κ2) is 10.8. The number of aliphatic imine (C=N–C) groups is 1. The van der Waals surface area contributed by atoms with E-state index in [1.165, 1.54) is 18.4 Å². The van der Waals surface area contributed by atoms with Crippen molar-refractivity contribution in [3.63, 3.8) is 0 Å². The Balaban J connectivity index is 1.39. The molecule has 2 aliphatic rings. The first-order valence-electron chi connectivity index (χ1n) is 10.6. The lowest BCUT2D eigenvalue weighted by atomic mass is 9.79. The van der Waals surface area contributed by atoms with Crippen LogP contribution in [0.25, 0.3) is 0 Å². The Morgan fingerprint density at radius 2 is 2.04 bits per heavy atom.